The first-order valence-corrected chi connectivity index (χ1v) is 10.8. The minimum absolute atomic E-state index is 0.119. The van der Waals surface area contributed by atoms with E-state index in [9.17, 15) is 18.0 Å². The molecule has 0 aromatic heterocycles. The molecule has 1 amide bonds. The van der Waals surface area contributed by atoms with Crippen LogP contribution < -0.4 is 5.32 Å². The van der Waals surface area contributed by atoms with Gasteiger partial charge in [-0.1, -0.05) is 32.9 Å². The average molecular weight is 399 g/mol. The number of hydrogen-bond donors (Lipinski definition) is 1. The third kappa shape index (κ3) is 6.95. The number of amides is 1. The topological polar surface area (TPSA) is 92.8 Å². The van der Waals surface area contributed by atoms with E-state index in [0.29, 0.717) is 26.1 Å². The first-order valence-electron chi connectivity index (χ1n) is 9.32. The molecule has 0 spiro atoms. The van der Waals surface area contributed by atoms with Gasteiger partial charge in [-0.25, -0.2) is 8.42 Å². The predicted octanol–water partition coefficient (Wildman–Crippen LogP) is 2.11. The number of carbonyl (C=O) groups excluding carboxylic acids is 2. The Kier molecular flexibility index (Phi) is 9.45. The number of ether oxygens (including phenoxy) is 1. The second-order valence-electron chi connectivity index (χ2n) is 6.16. The smallest absolute Gasteiger partial charge is 0.306 e. The van der Waals surface area contributed by atoms with E-state index in [0.717, 1.165) is 12.0 Å². The summed E-state index contributed by atoms with van der Waals surface area (Å²) in [5.74, 6) is -0.773. The second-order valence-corrected chi connectivity index (χ2v) is 8.09. The van der Waals surface area contributed by atoms with E-state index in [1.165, 1.54) is 11.2 Å². The highest BCUT2D eigenvalue weighted by Crippen LogP contribution is 2.17. The Morgan fingerprint density at radius 1 is 1.11 bits per heavy atom. The van der Waals surface area contributed by atoms with Gasteiger partial charge in [0.15, 0.2) is 6.10 Å². The summed E-state index contributed by atoms with van der Waals surface area (Å²) in [6.45, 7) is 8.44. The van der Waals surface area contributed by atoms with Gasteiger partial charge >= 0.3 is 5.97 Å². The first-order chi connectivity index (χ1) is 12.8. The largest absolute Gasteiger partial charge is 0.453 e. The van der Waals surface area contributed by atoms with Gasteiger partial charge in [-0.05, 0) is 37.5 Å². The van der Waals surface area contributed by atoms with Crippen LogP contribution in [0.4, 0.5) is 0 Å². The van der Waals surface area contributed by atoms with Crippen molar-refractivity contribution in [1.82, 2.24) is 9.62 Å². The van der Waals surface area contributed by atoms with E-state index in [1.54, 1.807) is 38.1 Å². The molecule has 1 atom stereocenters. The number of nitrogens with zero attached hydrogens (tertiary/aromatic N) is 1. The molecule has 152 valence electrons. The van der Waals surface area contributed by atoms with Crippen LogP contribution in [0.15, 0.2) is 29.2 Å². The molecule has 1 aromatic carbocycles. The van der Waals surface area contributed by atoms with Crippen molar-refractivity contribution in [2.75, 3.05) is 19.6 Å². The van der Waals surface area contributed by atoms with Crippen molar-refractivity contribution < 1.29 is 22.7 Å². The second kappa shape index (κ2) is 11.0. The molecule has 1 unspecified atom stereocenters. The van der Waals surface area contributed by atoms with Gasteiger partial charge in [-0.15, -0.1) is 0 Å². The van der Waals surface area contributed by atoms with Crippen LogP contribution in [-0.4, -0.2) is 50.3 Å². The maximum atomic E-state index is 12.4. The maximum Gasteiger partial charge on any atom is 0.306 e. The fourth-order valence-electron chi connectivity index (χ4n) is 2.49. The number of nitrogens with one attached hydrogen (secondary N) is 1. The molecule has 0 heterocycles. The van der Waals surface area contributed by atoms with Crippen molar-refractivity contribution >= 4 is 21.9 Å². The van der Waals surface area contributed by atoms with E-state index in [1.807, 2.05) is 6.92 Å². The Labute approximate surface area is 162 Å². The number of benzene rings is 1. The van der Waals surface area contributed by atoms with Gasteiger partial charge in [0.1, 0.15) is 0 Å². The Hall–Kier alpha value is -1.93. The number of carbonyl (C=O) groups is 2. The predicted molar refractivity (Wildman–Crippen MR) is 104 cm³/mol. The highest BCUT2D eigenvalue weighted by Gasteiger charge is 2.21. The molecule has 27 heavy (non-hydrogen) atoms. The molecular formula is C19H30N2O5S. The van der Waals surface area contributed by atoms with E-state index < -0.39 is 22.1 Å². The van der Waals surface area contributed by atoms with E-state index in [2.05, 4.69) is 5.32 Å². The lowest BCUT2D eigenvalue weighted by Gasteiger charge is -2.18. The lowest BCUT2D eigenvalue weighted by Crippen LogP contribution is -2.36. The molecule has 8 heteroatoms. The van der Waals surface area contributed by atoms with Crippen LogP contribution in [0, 0.1) is 0 Å². The monoisotopic (exact) mass is 398 g/mol. The van der Waals surface area contributed by atoms with Gasteiger partial charge in [-0.3, -0.25) is 9.59 Å². The molecule has 7 nitrogen and oxygen atoms in total. The lowest BCUT2D eigenvalue weighted by molar-refractivity contribution is -0.154. The minimum Gasteiger partial charge on any atom is -0.453 e. The summed E-state index contributed by atoms with van der Waals surface area (Å²) >= 11 is 0. The van der Waals surface area contributed by atoms with Crippen LogP contribution in [0.2, 0.25) is 0 Å². The van der Waals surface area contributed by atoms with Crippen LogP contribution in [0.3, 0.4) is 0 Å². The quantitative estimate of drug-likeness (QED) is 0.576. The molecule has 0 saturated heterocycles. The molecular weight excluding hydrogens is 368 g/mol. The molecule has 0 aliphatic carbocycles. The molecule has 0 bridgehead atoms. The summed E-state index contributed by atoms with van der Waals surface area (Å²) < 4.78 is 31.4. The molecule has 0 fully saturated rings. The zero-order chi connectivity index (χ0) is 20.4. The Morgan fingerprint density at radius 3 is 2.22 bits per heavy atom. The molecule has 0 aliphatic heterocycles. The van der Waals surface area contributed by atoms with E-state index in [4.69, 9.17) is 4.74 Å². The molecule has 1 N–H and O–H groups in total. The lowest BCUT2D eigenvalue weighted by atomic mass is 10.1. The number of sulfonamides is 1. The fraction of sp³-hybridized carbons (Fsp3) is 0.579. The van der Waals surface area contributed by atoms with Crippen LogP contribution in [0.1, 0.15) is 46.1 Å². The number of rotatable bonds is 11. The van der Waals surface area contributed by atoms with Crippen LogP contribution in [0.25, 0.3) is 0 Å². The number of hydrogen-bond acceptors (Lipinski definition) is 5. The summed E-state index contributed by atoms with van der Waals surface area (Å²) in [4.78, 5) is 23.8. The molecule has 1 aromatic rings. The van der Waals surface area contributed by atoms with Gasteiger partial charge in [0.2, 0.25) is 10.0 Å². The third-order valence-corrected chi connectivity index (χ3v) is 6.18. The molecule has 0 aliphatic rings. The summed E-state index contributed by atoms with van der Waals surface area (Å²) in [5, 5.41) is 2.67. The zero-order valence-electron chi connectivity index (χ0n) is 16.5. The Bertz CT molecular complexity index is 712. The zero-order valence-corrected chi connectivity index (χ0v) is 17.3. The third-order valence-electron chi connectivity index (χ3n) is 4.11. The Balaban J connectivity index is 2.59. The van der Waals surface area contributed by atoms with E-state index in [-0.39, 0.29) is 17.2 Å². The van der Waals surface area contributed by atoms with Crippen molar-refractivity contribution in [2.45, 2.75) is 58.0 Å². The van der Waals surface area contributed by atoms with Gasteiger partial charge < -0.3 is 10.1 Å². The van der Waals surface area contributed by atoms with Crippen molar-refractivity contribution in [3.63, 3.8) is 0 Å². The number of esters is 1. The van der Waals surface area contributed by atoms with Gasteiger partial charge in [0.25, 0.3) is 5.91 Å². The molecule has 0 saturated carbocycles. The molecule has 0 radical (unpaired) electrons. The maximum absolute atomic E-state index is 12.4. The SMILES string of the molecule is CCCNC(=O)C(C)OC(=O)CCc1ccc(S(=O)(=O)N(CC)CC)cc1. The summed E-state index contributed by atoms with van der Waals surface area (Å²) in [6, 6.07) is 6.49. The van der Waals surface area contributed by atoms with Crippen molar-refractivity contribution in [2.24, 2.45) is 0 Å². The highest BCUT2D eigenvalue weighted by molar-refractivity contribution is 7.89. The van der Waals surface area contributed by atoms with Crippen LogP contribution >= 0.6 is 0 Å². The number of aryl methyl sites for hydroxylation is 1. The van der Waals surface area contributed by atoms with Gasteiger partial charge in [0.05, 0.1) is 4.90 Å². The average Bonchev–Trinajstić information content (AvgIpc) is 2.65. The van der Waals surface area contributed by atoms with Crippen molar-refractivity contribution in [1.29, 1.82) is 0 Å². The minimum atomic E-state index is -3.49. The molecule has 1 rings (SSSR count). The standard InChI is InChI=1S/C19H30N2O5S/c1-5-14-20-19(23)15(4)26-18(22)13-10-16-8-11-17(12-9-16)27(24,25)21(6-2)7-3/h8-9,11-12,15H,5-7,10,13-14H2,1-4H3,(H,20,23). The van der Waals surface area contributed by atoms with Gasteiger partial charge in [0, 0.05) is 26.1 Å². The van der Waals surface area contributed by atoms with Crippen LogP contribution in [-0.2, 0) is 30.8 Å². The summed E-state index contributed by atoms with van der Waals surface area (Å²) in [5.41, 5.74) is 0.827. The van der Waals surface area contributed by atoms with Crippen molar-refractivity contribution in [3.8, 4) is 0 Å². The van der Waals surface area contributed by atoms with Gasteiger partial charge in [-0.2, -0.15) is 4.31 Å². The Morgan fingerprint density at radius 2 is 1.70 bits per heavy atom. The summed E-state index contributed by atoms with van der Waals surface area (Å²) in [7, 11) is -3.49. The normalized spacial score (nSPS) is 12.6. The van der Waals surface area contributed by atoms with E-state index >= 15 is 0 Å². The fourth-order valence-corrected chi connectivity index (χ4v) is 3.95. The van der Waals surface area contributed by atoms with Crippen molar-refractivity contribution in [3.05, 3.63) is 29.8 Å². The summed E-state index contributed by atoms with van der Waals surface area (Å²) in [6.07, 6.45) is 0.513. The highest BCUT2D eigenvalue weighted by atomic mass is 32.2. The first kappa shape index (κ1) is 23.1. The van der Waals surface area contributed by atoms with Crippen LogP contribution in [0.5, 0.6) is 0 Å².